The summed E-state index contributed by atoms with van der Waals surface area (Å²) in [5.41, 5.74) is 1.91. The third kappa shape index (κ3) is 6.16. The van der Waals surface area contributed by atoms with Gasteiger partial charge in [-0.25, -0.2) is 19.0 Å². The van der Waals surface area contributed by atoms with E-state index >= 15 is 4.39 Å². The van der Waals surface area contributed by atoms with Crippen molar-refractivity contribution in [2.24, 2.45) is 7.05 Å². The monoisotopic (exact) mass is 627 g/mol. The summed E-state index contributed by atoms with van der Waals surface area (Å²) in [7, 11) is 3.01. The van der Waals surface area contributed by atoms with E-state index in [9.17, 15) is 19.6 Å². The fourth-order valence-corrected chi connectivity index (χ4v) is 6.25. The maximum Gasteiger partial charge on any atom is 0.407 e. The summed E-state index contributed by atoms with van der Waals surface area (Å²) < 4.78 is 28.7. The summed E-state index contributed by atoms with van der Waals surface area (Å²) in [5, 5.41) is 18.3. The summed E-state index contributed by atoms with van der Waals surface area (Å²) >= 11 is 0. The molecule has 2 amide bonds. The van der Waals surface area contributed by atoms with Crippen LogP contribution in [-0.4, -0.2) is 58.2 Å². The fraction of sp³-hybridized carbons (Fsp3) is 0.364. The number of benzene rings is 2. The molecule has 1 aliphatic heterocycles. The Kier molecular flexibility index (Phi) is 8.46. The standard InChI is InChI=1S/C33H34FN7O5/c1-40-28-19-36-29(17-27(28)41(32(40)44)26-7-6-23(16-26)39-31(43)45-2)37-24-13-22(21-5-3-4-20(12-21)18-35)14-25(15-24)38-30(42)33(34)8-10-46-11-9-33/h3-5,12-15,17,19,23,26H,6-11,16H2,1-2H3,(H,36,37)(H,38,42)(H,39,43)/t23-,26-/m1/s1. The molecule has 6 rings (SSSR count). The van der Waals surface area contributed by atoms with Crippen LogP contribution >= 0.6 is 0 Å². The molecule has 0 spiro atoms. The molecule has 0 radical (unpaired) electrons. The second-order valence-corrected chi connectivity index (χ2v) is 11.7. The van der Waals surface area contributed by atoms with Gasteiger partial charge in [-0.3, -0.25) is 13.9 Å². The number of alkyl carbamates (subject to hydrolysis) is 1. The number of hydrogen-bond acceptors (Lipinski definition) is 8. The average molecular weight is 628 g/mol. The Bertz CT molecular complexity index is 1910. The zero-order valence-electron chi connectivity index (χ0n) is 25.5. The summed E-state index contributed by atoms with van der Waals surface area (Å²) in [5.74, 6) is -0.297. The third-order valence-electron chi connectivity index (χ3n) is 8.73. The van der Waals surface area contributed by atoms with Crippen LogP contribution in [0.4, 0.5) is 26.4 Å². The Balaban J connectivity index is 1.34. The van der Waals surface area contributed by atoms with Crippen LogP contribution < -0.4 is 21.6 Å². The maximum absolute atomic E-state index is 15.5. The van der Waals surface area contributed by atoms with Gasteiger partial charge in [-0.05, 0) is 60.7 Å². The highest BCUT2D eigenvalue weighted by molar-refractivity contribution is 5.98. The highest BCUT2D eigenvalue weighted by atomic mass is 19.1. The van der Waals surface area contributed by atoms with Gasteiger partial charge in [-0.2, -0.15) is 5.26 Å². The van der Waals surface area contributed by atoms with E-state index in [0.29, 0.717) is 58.6 Å². The van der Waals surface area contributed by atoms with Crippen molar-refractivity contribution in [2.75, 3.05) is 31.0 Å². The molecule has 0 unspecified atom stereocenters. The lowest BCUT2D eigenvalue weighted by atomic mass is 9.95. The minimum absolute atomic E-state index is 0.0307. The number of ether oxygens (including phenoxy) is 2. The number of aryl methyl sites for hydroxylation is 1. The number of amides is 2. The Hall–Kier alpha value is -5.22. The smallest absolute Gasteiger partial charge is 0.407 e. The summed E-state index contributed by atoms with van der Waals surface area (Å²) in [6.07, 6.45) is 3.05. The molecule has 46 heavy (non-hydrogen) atoms. The van der Waals surface area contributed by atoms with Crippen LogP contribution in [-0.2, 0) is 21.3 Å². The molecule has 4 aromatic rings. The molecule has 0 bridgehead atoms. The number of halogens is 1. The van der Waals surface area contributed by atoms with Crippen molar-refractivity contribution in [1.29, 1.82) is 5.26 Å². The van der Waals surface area contributed by atoms with Crippen LogP contribution in [0, 0.1) is 11.3 Å². The van der Waals surface area contributed by atoms with Gasteiger partial charge >= 0.3 is 11.8 Å². The topological polar surface area (TPSA) is 152 Å². The zero-order valence-corrected chi connectivity index (χ0v) is 25.5. The van der Waals surface area contributed by atoms with Gasteiger partial charge in [-0.15, -0.1) is 0 Å². The number of carbonyl (C=O) groups excluding carboxylic acids is 2. The van der Waals surface area contributed by atoms with Gasteiger partial charge in [0.2, 0.25) is 0 Å². The van der Waals surface area contributed by atoms with E-state index in [1.807, 2.05) is 12.1 Å². The number of fused-ring (bicyclic) bond motifs is 1. The number of rotatable bonds is 7. The van der Waals surface area contributed by atoms with Crippen molar-refractivity contribution in [3.63, 3.8) is 0 Å². The number of methoxy groups -OCH3 is 1. The minimum Gasteiger partial charge on any atom is -0.453 e. The van der Waals surface area contributed by atoms with Crippen LogP contribution in [0.1, 0.15) is 43.7 Å². The van der Waals surface area contributed by atoms with Crippen molar-refractivity contribution in [2.45, 2.75) is 49.9 Å². The van der Waals surface area contributed by atoms with Gasteiger partial charge in [0.15, 0.2) is 5.67 Å². The number of hydrogen-bond donors (Lipinski definition) is 3. The number of nitrogens with one attached hydrogen (secondary N) is 3. The summed E-state index contributed by atoms with van der Waals surface area (Å²) in [6, 6.07) is 16.0. The predicted molar refractivity (Wildman–Crippen MR) is 170 cm³/mol. The number of nitrogens with zero attached hydrogens (tertiary/aromatic N) is 4. The van der Waals surface area contributed by atoms with Crippen LogP contribution in [0.3, 0.4) is 0 Å². The fourth-order valence-electron chi connectivity index (χ4n) is 6.25. The van der Waals surface area contributed by atoms with E-state index in [2.05, 4.69) is 27.0 Å². The quantitative estimate of drug-likeness (QED) is 0.261. The van der Waals surface area contributed by atoms with Gasteiger partial charge in [0.1, 0.15) is 5.82 Å². The number of aromatic nitrogens is 3. The lowest BCUT2D eigenvalue weighted by molar-refractivity contribution is -0.133. The molecule has 1 saturated heterocycles. The molecule has 12 nitrogen and oxygen atoms in total. The van der Waals surface area contributed by atoms with Gasteiger partial charge in [0.05, 0.1) is 49.2 Å². The van der Waals surface area contributed by atoms with E-state index in [1.165, 1.54) is 7.11 Å². The second kappa shape index (κ2) is 12.6. The molecular weight excluding hydrogens is 593 g/mol. The molecule has 2 aromatic heterocycles. The molecular formula is C33H34FN7O5. The van der Waals surface area contributed by atoms with E-state index < -0.39 is 17.7 Å². The second-order valence-electron chi connectivity index (χ2n) is 11.7. The first kappa shape index (κ1) is 30.8. The van der Waals surface area contributed by atoms with Crippen molar-refractivity contribution >= 4 is 40.2 Å². The minimum atomic E-state index is -2.04. The van der Waals surface area contributed by atoms with Gasteiger partial charge in [0.25, 0.3) is 5.91 Å². The van der Waals surface area contributed by atoms with Gasteiger partial charge < -0.3 is 25.4 Å². The highest BCUT2D eigenvalue weighted by Crippen LogP contribution is 2.34. The molecule has 2 aromatic carbocycles. The SMILES string of the molecule is COC(=O)N[C@@H]1CC[C@@H](n2c(=O)n(C)c3cnc(Nc4cc(NC(=O)C5(F)CCOCC5)cc(-c5cccc(C#N)c5)c4)cc32)C1. The van der Waals surface area contributed by atoms with Crippen molar-refractivity contribution in [3.05, 3.63) is 70.8 Å². The lowest BCUT2D eigenvalue weighted by Gasteiger charge is -2.28. The van der Waals surface area contributed by atoms with Crippen molar-refractivity contribution < 1.29 is 23.5 Å². The maximum atomic E-state index is 15.5. The normalized spacial score (nSPS) is 18.9. The number of carbonyl (C=O) groups is 2. The first-order valence-corrected chi connectivity index (χ1v) is 15.1. The predicted octanol–water partition coefficient (Wildman–Crippen LogP) is 4.92. The highest BCUT2D eigenvalue weighted by Gasteiger charge is 2.40. The molecule has 1 aliphatic carbocycles. The van der Waals surface area contributed by atoms with Gasteiger partial charge in [-0.1, -0.05) is 12.1 Å². The molecule has 2 atom stereocenters. The van der Waals surface area contributed by atoms with E-state index in [4.69, 9.17) is 9.47 Å². The Labute approximate surface area is 264 Å². The van der Waals surface area contributed by atoms with Crippen molar-refractivity contribution in [1.82, 2.24) is 19.4 Å². The largest absolute Gasteiger partial charge is 0.453 e. The molecule has 2 aliphatic rings. The first-order valence-electron chi connectivity index (χ1n) is 15.1. The molecule has 1 saturated carbocycles. The molecule has 13 heteroatoms. The first-order chi connectivity index (χ1) is 22.2. The number of nitriles is 1. The summed E-state index contributed by atoms with van der Waals surface area (Å²) in [6.45, 7) is 0.333. The van der Waals surface area contributed by atoms with Crippen LogP contribution in [0.15, 0.2) is 59.5 Å². The van der Waals surface area contributed by atoms with Crippen LogP contribution in [0.5, 0.6) is 0 Å². The third-order valence-corrected chi connectivity index (χ3v) is 8.73. The van der Waals surface area contributed by atoms with Gasteiger partial charge in [0, 0.05) is 49.4 Å². The Morgan fingerprint density at radius 3 is 2.63 bits per heavy atom. The van der Waals surface area contributed by atoms with Crippen molar-refractivity contribution in [3.8, 4) is 17.2 Å². The van der Waals surface area contributed by atoms with E-state index in [-0.39, 0.29) is 43.8 Å². The number of alkyl halides is 1. The summed E-state index contributed by atoms with van der Waals surface area (Å²) in [4.78, 5) is 42.7. The number of pyridine rings is 1. The molecule has 3 heterocycles. The zero-order chi connectivity index (χ0) is 32.4. The van der Waals surface area contributed by atoms with Crippen LogP contribution in [0.2, 0.25) is 0 Å². The Morgan fingerprint density at radius 1 is 1.09 bits per heavy atom. The average Bonchev–Trinajstić information content (AvgIpc) is 3.61. The number of imidazole rings is 1. The molecule has 2 fully saturated rings. The number of anilines is 3. The Morgan fingerprint density at radius 2 is 1.87 bits per heavy atom. The van der Waals surface area contributed by atoms with Crippen LogP contribution in [0.25, 0.3) is 22.2 Å². The molecule has 3 N–H and O–H groups in total. The van der Waals surface area contributed by atoms with E-state index in [1.54, 1.807) is 58.8 Å². The molecule has 238 valence electrons. The van der Waals surface area contributed by atoms with E-state index in [0.717, 1.165) is 5.56 Å². The lowest BCUT2D eigenvalue weighted by Crippen LogP contribution is -2.43.